The summed E-state index contributed by atoms with van der Waals surface area (Å²) in [6.07, 6.45) is 3.38. The molecule has 1 aromatic carbocycles. The minimum Gasteiger partial charge on any atom is -0.384 e. The molecule has 0 unspecified atom stereocenters. The van der Waals surface area contributed by atoms with Crippen molar-refractivity contribution in [3.63, 3.8) is 0 Å². The van der Waals surface area contributed by atoms with Crippen LogP contribution in [0.25, 0.3) is 0 Å². The van der Waals surface area contributed by atoms with Crippen molar-refractivity contribution in [3.05, 3.63) is 52.2 Å². The Hall–Kier alpha value is -2.17. The summed E-state index contributed by atoms with van der Waals surface area (Å²) in [5, 5.41) is 13.6. The molecule has 0 fully saturated rings. The Morgan fingerprint density at radius 1 is 1.44 bits per heavy atom. The van der Waals surface area contributed by atoms with Crippen LogP contribution in [0.5, 0.6) is 0 Å². The average molecular weight is 218 g/mol. The molecule has 5 heteroatoms. The molecule has 16 heavy (non-hydrogen) atoms. The summed E-state index contributed by atoms with van der Waals surface area (Å²) in [5.41, 5.74) is 0.799. The highest BCUT2D eigenvalue weighted by Crippen LogP contribution is 2.23. The number of nitrogens with zero attached hydrogens (tertiary/aromatic N) is 1. The zero-order valence-corrected chi connectivity index (χ0v) is 8.42. The standard InChI is InChI=1S/C11H10N2O3/c14-10-4-5-12-11(7-10)8-2-1-3-9(6-8)13(15)16/h1-6,11-12H,7H2/t11-/m0/s1. The minimum atomic E-state index is -0.440. The van der Waals surface area contributed by atoms with E-state index in [9.17, 15) is 14.9 Å². The molecule has 2 rings (SSSR count). The van der Waals surface area contributed by atoms with E-state index in [4.69, 9.17) is 0 Å². The Balaban J connectivity index is 2.27. The highest BCUT2D eigenvalue weighted by molar-refractivity contribution is 5.90. The third-order valence-corrected chi connectivity index (χ3v) is 2.46. The molecule has 1 N–H and O–H groups in total. The summed E-state index contributed by atoms with van der Waals surface area (Å²) in [5.74, 6) is 0.0234. The highest BCUT2D eigenvalue weighted by Gasteiger charge is 2.18. The summed E-state index contributed by atoms with van der Waals surface area (Å²) in [6.45, 7) is 0. The van der Waals surface area contributed by atoms with Crippen molar-refractivity contribution < 1.29 is 9.72 Å². The number of nitro benzene ring substituents is 1. The van der Waals surface area contributed by atoms with Crippen molar-refractivity contribution >= 4 is 11.5 Å². The number of ketones is 1. The average Bonchev–Trinajstić information content (AvgIpc) is 2.29. The molecule has 1 atom stereocenters. The van der Waals surface area contributed by atoms with E-state index >= 15 is 0 Å². The Kier molecular flexibility index (Phi) is 2.68. The first kappa shape index (κ1) is 10.4. The van der Waals surface area contributed by atoms with Crippen molar-refractivity contribution in [2.45, 2.75) is 12.5 Å². The molecule has 0 radical (unpaired) electrons. The molecule has 0 saturated carbocycles. The van der Waals surface area contributed by atoms with E-state index in [-0.39, 0.29) is 17.5 Å². The van der Waals surface area contributed by atoms with Gasteiger partial charge in [-0.25, -0.2) is 0 Å². The zero-order chi connectivity index (χ0) is 11.5. The van der Waals surface area contributed by atoms with Gasteiger partial charge in [0.15, 0.2) is 5.78 Å². The molecule has 1 aliphatic heterocycles. The number of allylic oxidation sites excluding steroid dienone is 1. The molecule has 0 aromatic heterocycles. The van der Waals surface area contributed by atoms with Crippen LogP contribution in [0.15, 0.2) is 36.5 Å². The molecule has 0 bridgehead atoms. The fourth-order valence-corrected chi connectivity index (χ4v) is 1.65. The van der Waals surface area contributed by atoms with E-state index in [2.05, 4.69) is 5.32 Å². The lowest BCUT2D eigenvalue weighted by atomic mass is 9.99. The van der Waals surface area contributed by atoms with Gasteiger partial charge < -0.3 is 5.32 Å². The number of hydrogen-bond acceptors (Lipinski definition) is 4. The summed E-state index contributed by atoms with van der Waals surface area (Å²) in [4.78, 5) is 21.4. The molecule has 0 aliphatic carbocycles. The van der Waals surface area contributed by atoms with Gasteiger partial charge in [0, 0.05) is 24.8 Å². The molecule has 82 valence electrons. The summed E-state index contributed by atoms with van der Waals surface area (Å²) in [7, 11) is 0. The molecule has 1 aromatic rings. The van der Waals surface area contributed by atoms with Crippen LogP contribution >= 0.6 is 0 Å². The van der Waals surface area contributed by atoms with Gasteiger partial charge in [0.25, 0.3) is 5.69 Å². The molecule has 0 amide bonds. The van der Waals surface area contributed by atoms with Crippen molar-refractivity contribution in [1.29, 1.82) is 0 Å². The fourth-order valence-electron chi connectivity index (χ4n) is 1.65. The highest BCUT2D eigenvalue weighted by atomic mass is 16.6. The normalized spacial score (nSPS) is 19.2. The lowest BCUT2D eigenvalue weighted by molar-refractivity contribution is -0.384. The predicted octanol–water partition coefficient (Wildman–Crippen LogP) is 1.71. The van der Waals surface area contributed by atoms with Gasteiger partial charge in [-0.3, -0.25) is 14.9 Å². The number of rotatable bonds is 2. The lowest BCUT2D eigenvalue weighted by Gasteiger charge is -2.19. The van der Waals surface area contributed by atoms with Crippen molar-refractivity contribution in [2.75, 3.05) is 0 Å². The zero-order valence-electron chi connectivity index (χ0n) is 8.42. The van der Waals surface area contributed by atoms with Crippen LogP contribution in [0.1, 0.15) is 18.0 Å². The Morgan fingerprint density at radius 2 is 2.25 bits per heavy atom. The van der Waals surface area contributed by atoms with E-state index < -0.39 is 4.92 Å². The molecule has 5 nitrogen and oxygen atoms in total. The number of benzene rings is 1. The Labute approximate surface area is 91.9 Å². The molecule has 0 spiro atoms. The Morgan fingerprint density at radius 3 is 2.94 bits per heavy atom. The number of carbonyl (C=O) groups excluding carboxylic acids is 1. The first-order valence-corrected chi connectivity index (χ1v) is 4.86. The third kappa shape index (κ3) is 2.08. The monoisotopic (exact) mass is 218 g/mol. The minimum absolute atomic E-state index is 0.0234. The van der Waals surface area contributed by atoms with Crippen LogP contribution in [0.3, 0.4) is 0 Å². The number of carbonyl (C=O) groups is 1. The van der Waals surface area contributed by atoms with Crippen LogP contribution in [0, 0.1) is 10.1 Å². The second-order valence-electron chi connectivity index (χ2n) is 3.58. The smallest absolute Gasteiger partial charge is 0.269 e. The van der Waals surface area contributed by atoms with Crippen LogP contribution in [-0.4, -0.2) is 10.7 Å². The van der Waals surface area contributed by atoms with Crippen LogP contribution in [0.4, 0.5) is 5.69 Å². The number of nitro groups is 1. The Bertz CT molecular complexity index is 468. The van der Waals surface area contributed by atoms with E-state index in [0.29, 0.717) is 6.42 Å². The van der Waals surface area contributed by atoms with E-state index in [1.54, 1.807) is 18.3 Å². The van der Waals surface area contributed by atoms with Crippen LogP contribution < -0.4 is 5.32 Å². The lowest BCUT2D eigenvalue weighted by Crippen LogP contribution is -2.22. The van der Waals surface area contributed by atoms with Gasteiger partial charge in [0.2, 0.25) is 0 Å². The van der Waals surface area contributed by atoms with Crippen LogP contribution in [-0.2, 0) is 4.79 Å². The first-order chi connectivity index (χ1) is 7.66. The predicted molar refractivity (Wildman–Crippen MR) is 57.7 cm³/mol. The summed E-state index contributed by atoms with van der Waals surface area (Å²) >= 11 is 0. The topological polar surface area (TPSA) is 72.2 Å². The van der Waals surface area contributed by atoms with E-state index in [1.165, 1.54) is 18.2 Å². The third-order valence-electron chi connectivity index (χ3n) is 2.46. The SMILES string of the molecule is O=C1C=CN[C@H](c2cccc([N+](=O)[O-])c2)C1. The second-order valence-corrected chi connectivity index (χ2v) is 3.58. The van der Waals surface area contributed by atoms with Crippen LogP contribution in [0.2, 0.25) is 0 Å². The maximum Gasteiger partial charge on any atom is 0.269 e. The van der Waals surface area contributed by atoms with Crippen molar-refractivity contribution in [3.8, 4) is 0 Å². The summed E-state index contributed by atoms with van der Waals surface area (Å²) < 4.78 is 0. The number of nitrogens with one attached hydrogen (secondary N) is 1. The van der Waals surface area contributed by atoms with E-state index in [0.717, 1.165) is 5.56 Å². The van der Waals surface area contributed by atoms with Gasteiger partial charge in [-0.05, 0) is 11.6 Å². The van der Waals surface area contributed by atoms with Gasteiger partial charge in [-0.15, -0.1) is 0 Å². The largest absolute Gasteiger partial charge is 0.384 e. The molecule has 1 aliphatic rings. The summed E-state index contributed by atoms with van der Waals surface area (Å²) in [6, 6.07) is 6.15. The molecule has 0 saturated heterocycles. The van der Waals surface area contributed by atoms with Gasteiger partial charge in [0.1, 0.15) is 0 Å². The van der Waals surface area contributed by atoms with Crippen molar-refractivity contribution in [2.24, 2.45) is 0 Å². The fraction of sp³-hybridized carbons (Fsp3) is 0.182. The van der Waals surface area contributed by atoms with Gasteiger partial charge in [-0.2, -0.15) is 0 Å². The first-order valence-electron chi connectivity index (χ1n) is 4.86. The van der Waals surface area contributed by atoms with Gasteiger partial charge in [0.05, 0.1) is 11.0 Å². The molecular formula is C11H10N2O3. The molecule has 1 heterocycles. The maximum absolute atomic E-state index is 11.2. The van der Waals surface area contributed by atoms with E-state index in [1.807, 2.05) is 0 Å². The van der Waals surface area contributed by atoms with Gasteiger partial charge in [-0.1, -0.05) is 12.1 Å². The second kappa shape index (κ2) is 4.14. The van der Waals surface area contributed by atoms with Crippen molar-refractivity contribution in [1.82, 2.24) is 5.32 Å². The quantitative estimate of drug-likeness (QED) is 0.605. The number of hydrogen-bond donors (Lipinski definition) is 1. The number of non-ortho nitro benzene ring substituents is 1. The maximum atomic E-state index is 11.2. The molecular weight excluding hydrogens is 208 g/mol. The van der Waals surface area contributed by atoms with Gasteiger partial charge >= 0.3 is 0 Å².